The monoisotopic (exact) mass is 460 g/mol. The Kier molecular flexibility index (Phi) is 4.93. The van der Waals surface area contributed by atoms with E-state index in [0.717, 1.165) is 22.3 Å². The Morgan fingerprint density at radius 1 is 0.867 bits per heavy atom. The van der Waals surface area contributed by atoms with Crippen LogP contribution in [0.2, 0.25) is 0 Å². The van der Waals surface area contributed by atoms with E-state index in [4.69, 9.17) is 0 Å². The molecule has 0 spiro atoms. The molecule has 0 aliphatic carbocycles. The third-order valence-electron chi connectivity index (χ3n) is 3.96. The molecule has 156 valence electrons. The maximum absolute atomic E-state index is 13.6. The highest BCUT2D eigenvalue weighted by molar-refractivity contribution is 7.15. The quantitative estimate of drug-likeness (QED) is 0.330. The molecule has 4 aromatic rings. The molecule has 0 aliphatic rings. The number of nitrogens with zero attached hydrogens (tertiary/aromatic N) is 4. The van der Waals surface area contributed by atoms with Crippen molar-refractivity contribution in [3.05, 3.63) is 58.0 Å². The zero-order valence-electron chi connectivity index (χ0n) is 14.9. The van der Waals surface area contributed by atoms with Crippen LogP contribution in [-0.4, -0.2) is 19.7 Å². The lowest BCUT2D eigenvalue weighted by Gasteiger charge is -2.12. The van der Waals surface area contributed by atoms with Gasteiger partial charge in [-0.3, -0.25) is 0 Å². The van der Waals surface area contributed by atoms with Crippen molar-refractivity contribution in [1.82, 2.24) is 19.7 Å². The molecule has 30 heavy (non-hydrogen) atoms. The summed E-state index contributed by atoms with van der Waals surface area (Å²) in [5.74, 6) is -0.805. The van der Waals surface area contributed by atoms with Gasteiger partial charge in [0.15, 0.2) is 11.4 Å². The number of hydrogen-bond donors (Lipinski definition) is 0. The number of thiophene rings is 2. The van der Waals surface area contributed by atoms with E-state index < -0.39 is 29.7 Å². The fraction of sp³-hybridized carbons (Fsp3) is 0.167. The van der Waals surface area contributed by atoms with E-state index in [2.05, 4.69) is 15.1 Å². The standard InChI is InChI=1S/C18H10F6N4S2/c1-9-4-5-13(30-9)11-8-15(18(22,23)24)28(27-11)16-25-10(12-3-2-6-29-12)7-14(26-16)17(19,20)21/h2-8H,1H3. The van der Waals surface area contributed by atoms with Gasteiger partial charge in [-0.25, -0.2) is 9.97 Å². The third kappa shape index (κ3) is 3.97. The van der Waals surface area contributed by atoms with Gasteiger partial charge in [0.25, 0.3) is 5.95 Å². The van der Waals surface area contributed by atoms with E-state index in [1.54, 1.807) is 30.5 Å². The van der Waals surface area contributed by atoms with Crippen LogP contribution in [0, 0.1) is 6.92 Å². The first-order valence-electron chi connectivity index (χ1n) is 8.27. The Hall–Kier alpha value is -2.73. The van der Waals surface area contributed by atoms with Crippen LogP contribution in [0.15, 0.2) is 41.8 Å². The SMILES string of the molecule is Cc1ccc(-c2cc(C(F)(F)F)n(-c3nc(-c4cccs4)cc(C(F)(F)F)n3)n2)s1. The smallest absolute Gasteiger partial charge is 0.210 e. The minimum Gasteiger partial charge on any atom is -0.210 e. The van der Waals surface area contributed by atoms with Crippen LogP contribution >= 0.6 is 22.7 Å². The fourth-order valence-corrected chi connectivity index (χ4v) is 4.16. The van der Waals surface area contributed by atoms with Gasteiger partial charge in [-0.1, -0.05) is 6.07 Å². The zero-order valence-corrected chi connectivity index (χ0v) is 16.5. The second-order valence-corrected chi connectivity index (χ2v) is 8.38. The predicted molar refractivity (Wildman–Crippen MR) is 101 cm³/mol. The van der Waals surface area contributed by atoms with Gasteiger partial charge in [-0.05, 0) is 42.6 Å². The lowest BCUT2D eigenvalue weighted by molar-refractivity contribution is -0.143. The topological polar surface area (TPSA) is 43.6 Å². The van der Waals surface area contributed by atoms with Crippen molar-refractivity contribution >= 4 is 22.7 Å². The summed E-state index contributed by atoms with van der Waals surface area (Å²) >= 11 is 2.32. The molecule has 12 heteroatoms. The summed E-state index contributed by atoms with van der Waals surface area (Å²) in [6.45, 7) is 1.78. The number of rotatable bonds is 3. The number of aromatic nitrogens is 4. The molecule has 0 unspecified atom stereocenters. The Labute approximate surface area is 173 Å². The van der Waals surface area contributed by atoms with Crippen molar-refractivity contribution < 1.29 is 26.3 Å². The van der Waals surface area contributed by atoms with E-state index in [0.29, 0.717) is 20.5 Å². The maximum atomic E-state index is 13.6. The Bertz CT molecular complexity index is 1190. The van der Waals surface area contributed by atoms with Gasteiger partial charge in [0.2, 0.25) is 0 Å². The van der Waals surface area contributed by atoms with E-state index in [1.807, 2.05) is 0 Å². The molecule has 0 fully saturated rings. The summed E-state index contributed by atoms with van der Waals surface area (Å²) in [4.78, 5) is 8.95. The van der Waals surface area contributed by atoms with Gasteiger partial charge >= 0.3 is 12.4 Å². The lowest BCUT2D eigenvalue weighted by atomic mass is 10.2. The largest absolute Gasteiger partial charge is 0.433 e. The van der Waals surface area contributed by atoms with Gasteiger partial charge in [-0.2, -0.15) is 36.1 Å². The summed E-state index contributed by atoms with van der Waals surface area (Å²) in [7, 11) is 0. The maximum Gasteiger partial charge on any atom is 0.433 e. The van der Waals surface area contributed by atoms with Gasteiger partial charge < -0.3 is 0 Å². The molecular formula is C18H10F6N4S2. The van der Waals surface area contributed by atoms with Crippen molar-refractivity contribution in [3.8, 4) is 27.1 Å². The first-order chi connectivity index (χ1) is 14.0. The fourth-order valence-electron chi connectivity index (χ4n) is 2.65. The molecule has 4 heterocycles. The average molecular weight is 460 g/mol. The van der Waals surface area contributed by atoms with Crippen molar-refractivity contribution in [2.45, 2.75) is 19.3 Å². The molecule has 0 aromatic carbocycles. The summed E-state index contributed by atoms with van der Waals surface area (Å²) in [5, 5.41) is 5.52. The van der Waals surface area contributed by atoms with Gasteiger partial charge in [0, 0.05) is 4.88 Å². The number of aryl methyl sites for hydroxylation is 1. The molecule has 4 rings (SSSR count). The number of alkyl halides is 6. The van der Waals surface area contributed by atoms with E-state index in [-0.39, 0.29) is 11.4 Å². The van der Waals surface area contributed by atoms with Crippen LogP contribution in [-0.2, 0) is 12.4 Å². The first kappa shape index (κ1) is 20.5. The molecule has 0 saturated carbocycles. The van der Waals surface area contributed by atoms with Crippen molar-refractivity contribution in [3.63, 3.8) is 0 Å². The first-order valence-corrected chi connectivity index (χ1v) is 9.96. The minimum absolute atomic E-state index is 0.0286. The summed E-state index contributed by atoms with van der Waals surface area (Å²) in [6.07, 6.45) is -9.75. The normalized spacial score (nSPS) is 12.5. The molecule has 0 bridgehead atoms. The van der Waals surface area contributed by atoms with E-state index >= 15 is 0 Å². The molecule has 0 aliphatic heterocycles. The van der Waals surface area contributed by atoms with Crippen LogP contribution in [0.4, 0.5) is 26.3 Å². The molecular weight excluding hydrogens is 450 g/mol. The predicted octanol–water partition coefficient (Wildman–Crippen LogP) is 6.47. The van der Waals surface area contributed by atoms with Crippen molar-refractivity contribution in [2.75, 3.05) is 0 Å². The van der Waals surface area contributed by atoms with Crippen molar-refractivity contribution in [2.24, 2.45) is 0 Å². The Morgan fingerprint density at radius 3 is 2.20 bits per heavy atom. The average Bonchev–Trinajstić information content (AvgIpc) is 3.40. The van der Waals surface area contributed by atoms with Gasteiger partial charge in [0.05, 0.1) is 15.4 Å². The highest BCUT2D eigenvalue weighted by atomic mass is 32.1. The minimum atomic E-state index is -4.88. The number of hydrogen-bond acceptors (Lipinski definition) is 5. The molecule has 4 nitrogen and oxygen atoms in total. The van der Waals surface area contributed by atoms with Gasteiger partial charge in [0.1, 0.15) is 5.69 Å². The zero-order chi connectivity index (χ0) is 21.7. The summed E-state index contributed by atoms with van der Waals surface area (Å²) < 4.78 is 81.4. The highest BCUT2D eigenvalue weighted by Gasteiger charge is 2.39. The highest BCUT2D eigenvalue weighted by Crippen LogP contribution is 2.37. The van der Waals surface area contributed by atoms with E-state index in [1.165, 1.54) is 17.4 Å². The Balaban J connectivity index is 1.95. The van der Waals surface area contributed by atoms with Crippen LogP contribution < -0.4 is 0 Å². The third-order valence-corrected chi connectivity index (χ3v) is 5.88. The van der Waals surface area contributed by atoms with Crippen molar-refractivity contribution in [1.29, 1.82) is 0 Å². The Morgan fingerprint density at radius 2 is 1.63 bits per heavy atom. The van der Waals surface area contributed by atoms with Crippen LogP contribution in [0.25, 0.3) is 27.1 Å². The molecule has 0 N–H and O–H groups in total. The van der Waals surface area contributed by atoms with Crippen LogP contribution in [0.1, 0.15) is 16.3 Å². The van der Waals surface area contributed by atoms with Crippen LogP contribution in [0.5, 0.6) is 0 Å². The molecule has 0 radical (unpaired) electrons. The second-order valence-electron chi connectivity index (χ2n) is 6.15. The summed E-state index contributed by atoms with van der Waals surface area (Å²) in [6, 6.07) is 7.90. The number of halogens is 6. The molecule has 0 saturated heterocycles. The second kappa shape index (κ2) is 7.20. The molecule has 0 atom stereocenters. The molecule has 0 amide bonds. The van der Waals surface area contributed by atoms with E-state index in [9.17, 15) is 26.3 Å². The lowest BCUT2D eigenvalue weighted by Crippen LogP contribution is -2.18. The summed E-state index contributed by atoms with van der Waals surface area (Å²) in [5.41, 5.74) is -2.79. The van der Waals surface area contributed by atoms with Gasteiger partial charge in [-0.15, -0.1) is 22.7 Å². The van der Waals surface area contributed by atoms with Crippen LogP contribution in [0.3, 0.4) is 0 Å². The molecule has 4 aromatic heterocycles.